The molecule has 98 valence electrons. The van der Waals surface area contributed by atoms with Crippen LogP contribution in [-0.4, -0.2) is 6.29 Å². The molecular weight excluding hydrogens is 301 g/mol. The summed E-state index contributed by atoms with van der Waals surface area (Å²) < 4.78 is 0. The van der Waals surface area contributed by atoms with Crippen molar-refractivity contribution in [3.05, 3.63) is 51.5 Å². The van der Waals surface area contributed by atoms with Gasteiger partial charge in [0.25, 0.3) is 0 Å². The van der Waals surface area contributed by atoms with Crippen molar-refractivity contribution in [2.24, 2.45) is 5.73 Å². The molecule has 0 bridgehead atoms. The van der Waals surface area contributed by atoms with Gasteiger partial charge in [-0.15, -0.1) is 12.6 Å². The van der Waals surface area contributed by atoms with Gasteiger partial charge in [-0.05, 0) is 23.8 Å². The third-order valence-electron chi connectivity index (χ3n) is 2.86. The average Bonchev–Trinajstić information content (AvgIpc) is 2.41. The fraction of sp³-hybridized carbons (Fsp3) is 0.0714. The number of thiol groups is 1. The minimum atomic E-state index is 0.231. The Kier molecular flexibility index (Phi) is 4.53. The Bertz CT molecular complexity index is 644. The number of hydrogen-bond acceptors (Lipinski definition) is 3. The molecule has 0 fully saturated rings. The predicted octanol–water partition coefficient (Wildman–Crippen LogP) is 4.22. The monoisotopic (exact) mass is 311 g/mol. The number of hydrogen-bond donors (Lipinski definition) is 2. The van der Waals surface area contributed by atoms with Crippen molar-refractivity contribution in [3.8, 4) is 11.1 Å². The molecule has 0 amide bonds. The van der Waals surface area contributed by atoms with E-state index in [0.717, 1.165) is 6.29 Å². The van der Waals surface area contributed by atoms with E-state index in [2.05, 4.69) is 12.6 Å². The Balaban J connectivity index is 2.86. The molecule has 0 radical (unpaired) electrons. The van der Waals surface area contributed by atoms with Crippen LogP contribution < -0.4 is 5.73 Å². The lowest BCUT2D eigenvalue weighted by Gasteiger charge is -2.15. The fourth-order valence-corrected chi connectivity index (χ4v) is 2.82. The molecule has 2 nitrogen and oxygen atoms in total. The minimum Gasteiger partial charge on any atom is -0.326 e. The van der Waals surface area contributed by atoms with Gasteiger partial charge >= 0.3 is 0 Å². The van der Waals surface area contributed by atoms with Gasteiger partial charge in [0.2, 0.25) is 0 Å². The van der Waals surface area contributed by atoms with Gasteiger partial charge < -0.3 is 5.73 Å². The zero-order valence-electron chi connectivity index (χ0n) is 9.86. The maximum Gasteiger partial charge on any atom is 0.150 e. The quantitative estimate of drug-likeness (QED) is 0.658. The highest BCUT2D eigenvalue weighted by atomic mass is 35.5. The SMILES string of the molecule is NCc1c(Cl)ccc(Cl)c1-c1c(S)cccc1C=O. The van der Waals surface area contributed by atoms with Crippen molar-refractivity contribution < 1.29 is 4.79 Å². The van der Waals surface area contributed by atoms with E-state index in [4.69, 9.17) is 28.9 Å². The Morgan fingerprint density at radius 2 is 1.79 bits per heavy atom. The molecule has 0 unspecified atom stereocenters. The summed E-state index contributed by atoms with van der Waals surface area (Å²) in [6, 6.07) is 8.64. The van der Waals surface area contributed by atoms with Gasteiger partial charge in [-0.25, -0.2) is 0 Å². The summed E-state index contributed by atoms with van der Waals surface area (Å²) in [5, 5.41) is 1.02. The van der Waals surface area contributed by atoms with Crippen LogP contribution in [0.1, 0.15) is 15.9 Å². The Labute approximate surface area is 126 Å². The summed E-state index contributed by atoms with van der Waals surface area (Å²) in [5.74, 6) is 0. The molecule has 0 heterocycles. The summed E-state index contributed by atoms with van der Waals surface area (Å²) in [7, 11) is 0. The van der Waals surface area contributed by atoms with Crippen molar-refractivity contribution in [2.75, 3.05) is 0 Å². The lowest BCUT2D eigenvalue weighted by Crippen LogP contribution is -2.02. The lowest BCUT2D eigenvalue weighted by atomic mass is 9.95. The van der Waals surface area contributed by atoms with Crippen molar-refractivity contribution >= 4 is 42.1 Å². The second-order valence-corrected chi connectivity index (χ2v) is 5.24. The van der Waals surface area contributed by atoms with E-state index in [1.165, 1.54) is 0 Å². The molecule has 2 rings (SSSR count). The van der Waals surface area contributed by atoms with Gasteiger partial charge in [-0.1, -0.05) is 35.3 Å². The molecule has 0 aliphatic heterocycles. The van der Waals surface area contributed by atoms with Crippen LogP contribution in [0.2, 0.25) is 10.0 Å². The van der Waals surface area contributed by atoms with Crippen LogP contribution in [0.5, 0.6) is 0 Å². The first-order valence-corrected chi connectivity index (χ1v) is 6.75. The predicted molar refractivity (Wildman–Crippen MR) is 82.4 cm³/mol. The molecule has 2 aromatic carbocycles. The van der Waals surface area contributed by atoms with Gasteiger partial charge in [-0.3, -0.25) is 4.79 Å². The van der Waals surface area contributed by atoms with Crippen LogP contribution in [0.15, 0.2) is 35.2 Å². The van der Waals surface area contributed by atoms with E-state index < -0.39 is 0 Å². The molecule has 0 atom stereocenters. The van der Waals surface area contributed by atoms with E-state index in [-0.39, 0.29) is 6.54 Å². The van der Waals surface area contributed by atoms with Gasteiger partial charge in [0.1, 0.15) is 0 Å². The molecular formula is C14H11Cl2NOS. The van der Waals surface area contributed by atoms with Crippen molar-refractivity contribution in [3.63, 3.8) is 0 Å². The van der Waals surface area contributed by atoms with Crippen LogP contribution in [0.4, 0.5) is 0 Å². The van der Waals surface area contributed by atoms with Crippen molar-refractivity contribution in [2.45, 2.75) is 11.4 Å². The molecule has 0 spiro atoms. The number of benzene rings is 2. The number of carbonyl (C=O) groups is 1. The third-order valence-corrected chi connectivity index (χ3v) is 3.90. The fourth-order valence-electron chi connectivity index (χ4n) is 1.99. The molecule has 19 heavy (non-hydrogen) atoms. The number of halogens is 2. The standard InChI is InChI=1S/C14H11Cl2NOS/c15-10-4-5-11(16)14(9(10)6-17)13-8(7-18)2-1-3-12(13)19/h1-5,7,19H,6,17H2. The summed E-state index contributed by atoms with van der Waals surface area (Å²) in [5.41, 5.74) is 8.29. The van der Waals surface area contributed by atoms with Crippen LogP contribution in [0, 0.1) is 0 Å². The van der Waals surface area contributed by atoms with Crippen LogP contribution in [0.3, 0.4) is 0 Å². The van der Waals surface area contributed by atoms with Gasteiger partial charge in [0.15, 0.2) is 6.29 Å². The van der Waals surface area contributed by atoms with E-state index >= 15 is 0 Å². The summed E-state index contributed by atoms with van der Waals surface area (Å²) in [6.07, 6.45) is 0.770. The highest BCUT2D eigenvalue weighted by Crippen LogP contribution is 2.39. The van der Waals surface area contributed by atoms with E-state index in [0.29, 0.717) is 37.2 Å². The third kappa shape index (κ3) is 2.65. The Hall–Kier alpha value is -1.00. The van der Waals surface area contributed by atoms with Crippen LogP contribution in [-0.2, 0) is 6.54 Å². The molecule has 0 aliphatic rings. The van der Waals surface area contributed by atoms with Gasteiger partial charge in [0, 0.05) is 38.2 Å². The van der Waals surface area contributed by atoms with Gasteiger partial charge in [0.05, 0.1) is 0 Å². The highest BCUT2D eigenvalue weighted by Gasteiger charge is 2.17. The number of carbonyl (C=O) groups excluding carboxylic acids is 1. The molecule has 2 N–H and O–H groups in total. The number of rotatable bonds is 3. The molecule has 5 heteroatoms. The Morgan fingerprint density at radius 3 is 2.42 bits per heavy atom. The van der Waals surface area contributed by atoms with Crippen molar-refractivity contribution in [1.29, 1.82) is 0 Å². The Morgan fingerprint density at radius 1 is 1.11 bits per heavy atom. The summed E-state index contributed by atoms with van der Waals surface area (Å²) in [6.45, 7) is 0.231. The zero-order valence-corrected chi connectivity index (χ0v) is 12.3. The van der Waals surface area contributed by atoms with Crippen LogP contribution in [0.25, 0.3) is 11.1 Å². The van der Waals surface area contributed by atoms with E-state index in [9.17, 15) is 4.79 Å². The second-order valence-electron chi connectivity index (χ2n) is 3.95. The molecule has 0 saturated carbocycles. The topological polar surface area (TPSA) is 43.1 Å². The number of aldehydes is 1. The highest BCUT2D eigenvalue weighted by molar-refractivity contribution is 7.80. The van der Waals surface area contributed by atoms with Crippen LogP contribution >= 0.6 is 35.8 Å². The molecule has 0 saturated heterocycles. The normalized spacial score (nSPS) is 10.5. The first-order valence-electron chi connectivity index (χ1n) is 5.54. The van der Waals surface area contributed by atoms with E-state index in [1.54, 1.807) is 30.3 Å². The largest absolute Gasteiger partial charge is 0.326 e. The molecule has 2 aromatic rings. The minimum absolute atomic E-state index is 0.231. The van der Waals surface area contributed by atoms with Gasteiger partial charge in [-0.2, -0.15) is 0 Å². The smallest absolute Gasteiger partial charge is 0.150 e. The van der Waals surface area contributed by atoms with E-state index in [1.807, 2.05) is 0 Å². The maximum atomic E-state index is 11.2. The second kappa shape index (κ2) is 5.97. The number of nitrogens with two attached hydrogens (primary N) is 1. The summed E-state index contributed by atoms with van der Waals surface area (Å²) in [4.78, 5) is 11.9. The lowest BCUT2D eigenvalue weighted by molar-refractivity contribution is 0.112. The van der Waals surface area contributed by atoms with Crippen molar-refractivity contribution in [1.82, 2.24) is 0 Å². The summed E-state index contributed by atoms with van der Waals surface area (Å²) >= 11 is 16.8. The first-order chi connectivity index (χ1) is 9.10. The zero-order chi connectivity index (χ0) is 14.0. The average molecular weight is 312 g/mol. The molecule has 0 aliphatic carbocycles. The first kappa shape index (κ1) is 14.4. The molecule has 0 aromatic heterocycles. The maximum absolute atomic E-state index is 11.2.